The number of hydrogen-bond donors (Lipinski definition) is 3. The molecule has 0 aromatic heterocycles. The van der Waals surface area contributed by atoms with Crippen LogP contribution in [0.4, 0.5) is 4.79 Å². The molecule has 0 aliphatic heterocycles. The van der Waals surface area contributed by atoms with Gasteiger partial charge in [0.15, 0.2) is 6.04 Å². The molecule has 1 aliphatic rings. The van der Waals surface area contributed by atoms with E-state index >= 15 is 0 Å². The molecule has 1 fully saturated rings. The standard InChI is InChI=1S/C22H29N3O2/c1-15(19-14-8-10-17-9-6-7-13-20(17)19)23-16(2)21(26)25-22(27)24-18-11-4-3-5-12-18/h6-10,13-16,18,23H,3-5,11-12H2,1-2H3,(H2,24,25,26,27)/p+1/t15-,16+/m1/s1. The van der Waals surface area contributed by atoms with Gasteiger partial charge in [0.25, 0.3) is 5.91 Å². The molecule has 4 N–H and O–H groups in total. The molecule has 2 aromatic rings. The van der Waals surface area contributed by atoms with E-state index in [1.54, 1.807) is 0 Å². The fraction of sp³-hybridized carbons (Fsp3) is 0.455. The Morgan fingerprint density at radius 2 is 1.70 bits per heavy atom. The molecule has 0 unspecified atom stereocenters. The fourth-order valence-corrected chi connectivity index (χ4v) is 3.97. The summed E-state index contributed by atoms with van der Waals surface area (Å²) in [4.78, 5) is 24.5. The highest BCUT2D eigenvalue weighted by atomic mass is 16.2. The maximum atomic E-state index is 12.4. The summed E-state index contributed by atoms with van der Waals surface area (Å²) in [5.41, 5.74) is 1.19. The normalized spacial score (nSPS) is 17.3. The predicted octanol–water partition coefficient (Wildman–Crippen LogP) is 3.01. The van der Waals surface area contributed by atoms with E-state index in [-0.39, 0.29) is 30.1 Å². The second kappa shape index (κ2) is 9.00. The summed E-state index contributed by atoms with van der Waals surface area (Å²) < 4.78 is 0. The first-order valence-corrected chi connectivity index (χ1v) is 9.98. The van der Waals surface area contributed by atoms with Crippen molar-refractivity contribution in [3.8, 4) is 0 Å². The van der Waals surface area contributed by atoms with E-state index in [1.165, 1.54) is 22.8 Å². The third-order valence-corrected chi connectivity index (χ3v) is 5.48. The molecule has 27 heavy (non-hydrogen) atoms. The Labute approximate surface area is 160 Å². The molecule has 1 aliphatic carbocycles. The van der Waals surface area contributed by atoms with Crippen LogP contribution in [0.25, 0.3) is 10.8 Å². The van der Waals surface area contributed by atoms with Crippen LogP contribution >= 0.6 is 0 Å². The average molecular weight is 369 g/mol. The van der Waals surface area contributed by atoms with Crippen LogP contribution in [0.2, 0.25) is 0 Å². The summed E-state index contributed by atoms with van der Waals surface area (Å²) >= 11 is 0. The van der Waals surface area contributed by atoms with Crippen LogP contribution in [0.1, 0.15) is 57.6 Å². The Balaban J connectivity index is 1.56. The molecule has 0 heterocycles. The van der Waals surface area contributed by atoms with Crippen LogP contribution in [-0.2, 0) is 4.79 Å². The van der Waals surface area contributed by atoms with Gasteiger partial charge in [-0.3, -0.25) is 10.1 Å². The first-order valence-electron chi connectivity index (χ1n) is 9.98. The van der Waals surface area contributed by atoms with E-state index in [1.807, 2.05) is 30.4 Å². The quantitative estimate of drug-likeness (QED) is 0.759. The molecule has 5 nitrogen and oxygen atoms in total. The molecule has 5 heteroatoms. The molecule has 2 aromatic carbocycles. The highest BCUT2D eigenvalue weighted by Crippen LogP contribution is 2.22. The van der Waals surface area contributed by atoms with E-state index in [0.717, 1.165) is 25.7 Å². The van der Waals surface area contributed by atoms with Gasteiger partial charge in [0, 0.05) is 11.6 Å². The van der Waals surface area contributed by atoms with E-state index < -0.39 is 0 Å². The predicted molar refractivity (Wildman–Crippen MR) is 107 cm³/mol. The van der Waals surface area contributed by atoms with Crippen LogP contribution in [-0.4, -0.2) is 24.0 Å². The highest BCUT2D eigenvalue weighted by Gasteiger charge is 2.24. The van der Waals surface area contributed by atoms with Gasteiger partial charge in [-0.1, -0.05) is 61.7 Å². The molecule has 1 saturated carbocycles. The van der Waals surface area contributed by atoms with Gasteiger partial charge in [0.2, 0.25) is 0 Å². The van der Waals surface area contributed by atoms with E-state index in [2.05, 4.69) is 41.8 Å². The van der Waals surface area contributed by atoms with Gasteiger partial charge in [-0.2, -0.15) is 0 Å². The number of rotatable bonds is 5. The van der Waals surface area contributed by atoms with Crippen molar-refractivity contribution in [3.63, 3.8) is 0 Å². The zero-order chi connectivity index (χ0) is 19.2. The second-order valence-electron chi connectivity index (χ2n) is 7.64. The summed E-state index contributed by atoms with van der Waals surface area (Å²) in [6.45, 7) is 3.93. The first kappa shape index (κ1) is 19.4. The highest BCUT2D eigenvalue weighted by molar-refractivity contribution is 5.96. The van der Waals surface area contributed by atoms with Crippen molar-refractivity contribution < 1.29 is 14.9 Å². The summed E-state index contributed by atoms with van der Waals surface area (Å²) in [7, 11) is 0. The minimum Gasteiger partial charge on any atom is -0.335 e. The summed E-state index contributed by atoms with van der Waals surface area (Å²) in [5, 5.41) is 9.83. The molecule has 0 radical (unpaired) electrons. The largest absolute Gasteiger partial charge is 0.335 e. The first-order chi connectivity index (χ1) is 13.0. The Kier molecular flexibility index (Phi) is 6.45. The minimum absolute atomic E-state index is 0.109. The Hall–Kier alpha value is -2.40. The number of carbonyl (C=O) groups excluding carboxylic acids is 2. The summed E-state index contributed by atoms with van der Waals surface area (Å²) in [6.07, 6.45) is 5.52. The third-order valence-electron chi connectivity index (χ3n) is 5.48. The zero-order valence-corrected chi connectivity index (χ0v) is 16.2. The van der Waals surface area contributed by atoms with Crippen LogP contribution in [0, 0.1) is 0 Å². The maximum absolute atomic E-state index is 12.4. The smallest absolute Gasteiger partial charge is 0.321 e. The minimum atomic E-state index is -0.370. The topological polar surface area (TPSA) is 74.8 Å². The van der Waals surface area contributed by atoms with Crippen molar-refractivity contribution in [3.05, 3.63) is 48.0 Å². The van der Waals surface area contributed by atoms with Crippen molar-refractivity contribution in [1.82, 2.24) is 10.6 Å². The van der Waals surface area contributed by atoms with Crippen LogP contribution in [0.3, 0.4) is 0 Å². The van der Waals surface area contributed by atoms with Crippen LogP contribution < -0.4 is 16.0 Å². The molecular weight excluding hydrogens is 338 g/mol. The van der Waals surface area contributed by atoms with Crippen molar-refractivity contribution >= 4 is 22.7 Å². The van der Waals surface area contributed by atoms with Gasteiger partial charge >= 0.3 is 6.03 Å². The van der Waals surface area contributed by atoms with E-state index in [4.69, 9.17) is 0 Å². The van der Waals surface area contributed by atoms with Gasteiger partial charge in [-0.25, -0.2) is 4.79 Å². The van der Waals surface area contributed by atoms with Gasteiger partial charge in [-0.05, 0) is 37.5 Å². The number of imide groups is 1. The van der Waals surface area contributed by atoms with Crippen LogP contribution in [0.5, 0.6) is 0 Å². The fourth-order valence-electron chi connectivity index (χ4n) is 3.97. The van der Waals surface area contributed by atoms with Crippen molar-refractivity contribution in [1.29, 1.82) is 0 Å². The number of benzene rings is 2. The number of nitrogens with one attached hydrogen (secondary N) is 2. The molecule has 2 atom stereocenters. The molecule has 0 saturated heterocycles. The van der Waals surface area contributed by atoms with Gasteiger partial charge < -0.3 is 10.6 Å². The van der Waals surface area contributed by atoms with Crippen LogP contribution in [0.15, 0.2) is 42.5 Å². The number of urea groups is 1. The van der Waals surface area contributed by atoms with E-state index in [0.29, 0.717) is 0 Å². The third kappa shape index (κ3) is 5.07. The Morgan fingerprint density at radius 3 is 2.48 bits per heavy atom. The monoisotopic (exact) mass is 368 g/mol. The van der Waals surface area contributed by atoms with Gasteiger partial charge in [0.1, 0.15) is 6.04 Å². The lowest BCUT2D eigenvalue weighted by Crippen LogP contribution is -2.92. The maximum Gasteiger partial charge on any atom is 0.321 e. The lowest BCUT2D eigenvalue weighted by Gasteiger charge is -2.23. The lowest BCUT2D eigenvalue weighted by molar-refractivity contribution is -0.710. The second-order valence-corrected chi connectivity index (χ2v) is 7.64. The van der Waals surface area contributed by atoms with Crippen molar-refractivity contribution in [2.45, 2.75) is 64.1 Å². The zero-order valence-electron chi connectivity index (χ0n) is 16.2. The molecule has 144 valence electrons. The lowest BCUT2D eigenvalue weighted by atomic mass is 9.96. The molecule has 3 rings (SSSR count). The SMILES string of the molecule is C[C@H]([NH2+][C@H](C)c1cccc2ccccc12)C(=O)NC(=O)NC1CCCCC1. The molecular formula is C22H30N3O2+. The average Bonchev–Trinajstić information content (AvgIpc) is 2.68. The number of hydrogen-bond acceptors (Lipinski definition) is 2. The van der Waals surface area contributed by atoms with Gasteiger partial charge in [0.05, 0.1) is 0 Å². The molecule has 0 bridgehead atoms. The van der Waals surface area contributed by atoms with E-state index in [9.17, 15) is 9.59 Å². The Bertz CT molecular complexity index is 794. The number of fused-ring (bicyclic) bond motifs is 1. The Morgan fingerprint density at radius 1 is 1.00 bits per heavy atom. The van der Waals surface area contributed by atoms with Gasteiger partial charge in [-0.15, -0.1) is 0 Å². The number of carbonyl (C=O) groups is 2. The van der Waals surface area contributed by atoms with Crippen molar-refractivity contribution in [2.24, 2.45) is 0 Å². The summed E-state index contributed by atoms with van der Waals surface area (Å²) in [6, 6.07) is 14.1. The number of nitrogens with two attached hydrogens (primary N) is 1. The molecule has 0 spiro atoms. The molecule has 3 amide bonds. The van der Waals surface area contributed by atoms with Crippen molar-refractivity contribution in [2.75, 3.05) is 0 Å². The number of quaternary nitrogens is 1. The summed E-state index contributed by atoms with van der Waals surface area (Å²) in [5.74, 6) is -0.254. The number of amides is 3.